The molecule has 2 aromatic rings. The largest absolute Gasteiger partial charge is 0.327 e. The Bertz CT molecular complexity index is 729. The zero-order valence-electron chi connectivity index (χ0n) is 11.7. The van der Waals surface area contributed by atoms with Crippen molar-refractivity contribution in [3.05, 3.63) is 53.5 Å². The van der Waals surface area contributed by atoms with Gasteiger partial charge in [0.05, 0.1) is 11.4 Å². The van der Waals surface area contributed by atoms with E-state index in [-0.39, 0.29) is 5.91 Å². The van der Waals surface area contributed by atoms with Gasteiger partial charge in [0.15, 0.2) is 5.11 Å². The highest BCUT2D eigenvalue weighted by Crippen LogP contribution is 2.21. The van der Waals surface area contributed by atoms with Crippen LogP contribution in [0.15, 0.2) is 42.1 Å². The van der Waals surface area contributed by atoms with Crippen molar-refractivity contribution in [2.24, 2.45) is 7.05 Å². The zero-order valence-corrected chi connectivity index (χ0v) is 12.5. The van der Waals surface area contributed by atoms with Gasteiger partial charge in [-0.05, 0) is 43.4 Å². The second-order valence-corrected chi connectivity index (χ2v) is 5.19. The minimum absolute atomic E-state index is 0.172. The summed E-state index contributed by atoms with van der Waals surface area (Å²) in [4.78, 5) is 14.0. The number of hydrogen-bond acceptors (Lipinski definition) is 3. The molecule has 0 spiro atoms. The molecular formula is C15H14N4OS. The molecule has 2 heterocycles. The summed E-state index contributed by atoms with van der Waals surface area (Å²) in [5, 5.41) is 7.65. The number of benzene rings is 1. The van der Waals surface area contributed by atoms with Gasteiger partial charge in [0.2, 0.25) is 0 Å². The molecule has 3 rings (SSSR count). The Morgan fingerprint density at radius 3 is 2.62 bits per heavy atom. The summed E-state index contributed by atoms with van der Waals surface area (Å²) < 4.78 is 1.76. The van der Waals surface area contributed by atoms with Gasteiger partial charge in [0, 0.05) is 12.7 Å². The number of amides is 1. The van der Waals surface area contributed by atoms with Gasteiger partial charge in [0.1, 0.15) is 5.70 Å². The maximum absolute atomic E-state index is 12.5. The fourth-order valence-corrected chi connectivity index (χ4v) is 2.45. The van der Waals surface area contributed by atoms with Crippen molar-refractivity contribution >= 4 is 35.0 Å². The van der Waals surface area contributed by atoms with Crippen molar-refractivity contribution in [2.75, 3.05) is 4.90 Å². The van der Waals surface area contributed by atoms with E-state index in [9.17, 15) is 4.79 Å². The van der Waals surface area contributed by atoms with Crippen LogP contribution in [0.25, 0.3) is 6.08 Å². The van der Waals surface area contributed by atoms with Gasteiger partial charge in [-0.2, -0.15) is 5.10 Å². The summed E-state index contributed by atoms with van der Waals surface area (Å²) in [6.07, 6.45) is 1.71. The molecular weight excluding hydrogens is 284 g/mol. The second kappa shape index (κ2) is 5.14. The van der Waals surface area contributed by atoms with E-state index in [2.05, 4.69) is 10.4 Å². The average molecular weight is 298 g/mol. The minimum Gasteiger partial charge on any atom is -0.327 e. The third kappa shape index (κ3) is 2.45. The number of anilines is 1. The summed E-state index contributed by atoms with van der Waals surface area (Å²) in [5.74, 6) is -0.172. The molecule has 0 unspecified atom stereocenters. The quantitative estimate of drug-likeness (QED) is 0.680. The number of nitrogens with zero attached hydrogens (tertiary/aromatic N) is 3. The number of nitrogens with one attached hydrogen (secondary N) is 1. The summed E-state index contributed by atoms with van der Waals surface area (Å²) in [5.41, 5.74) is 2.93. The smallest absolute Gasteiger partial charge is 0.281 e. The highest BCUT2D eigenvalue weighted by atomic mass is 32.1. The first-order valence-corrected chi connectivity index (χ1v) is 6.90. The van der Waals surface area contributed by atoms with Crippen LogP contribution in [0, 0.1) is 6.92 Å². The molecule has 1 N–H and O–H groups in total. The summed E-state index contributed by atoms with van der Waals surface area (Å²) in [7, 11) is 1.86. The number of rotatable bonds is 2. The first-order valence-electron chi connectivity index (χ1n) is 6.49. The SMILES string of the molecule is Cc1cc(C=C2NC(=S)N(c3ccccc3)C2=O)nn1C. The third-order valence-corrected chi connectivity index (χ3v) is 3.60. The van der Waals surface area contributed by atoms with Crippen molar-refractivity contribution in [2.45, 2.75) is 6.92 Å². The molecule has 1 amide bonds. The van der Waals surface area contributed by atoms with Crippen LogP contribution in [0.2, 0.25) is 0 Å². The van der Waals surface area contributed by atoms with E-state index < -0.39 is 0 Å². The predicted molar refractivity (Wildman–Crippen MR) is 85.6 cm³/mol. The van der Waals surface area contributed by atoms with Gasteiger partial charge >= 0.3 is 0 Å². The first-order chi connectivity index (χ1) is 10.1. The van der Waals surface area contributed by atoms with Crippen LogP contribution in [-0.2, 0) is 11.8 Å². The van der Waals surface area contributed by atoms with Crippen LogP contribution in [0.1, 0.15) is 11.4 Å². The Balaban J connectivity index is 1.93. The van der Waals surface area contributed by atoms with E-state index in [1.165, 1.54) is 4.90 Å². The molecule has 0 bridgehead atoms. The minimum atomic E-state index is -0.172. The highest BCUT2D eigenvalue weighted by Gasteiger charge is 2.31. The van der Waals surface area contributed by atoms with Gasteiger partial charge in [-0.3, -0.25) is 14.4 Å². The summed E-state index contributed by atoms with van der Waals surface area (Å²) in [6.45, 7) is 1.96. The lowest BCUT2D eigenvalue weighted by Crippen LogP contribution is -2.30. The van der Waals surface area contributed by atoms with Crippen LogP contribution in [0.4, 0.5) is 5.69 Å². The van der Waals surface area contributed by atoms with Gasteiger partial charge in [0.25, 0.3) is 5.91 Å². The maximum atomic E-state index is 12.5. The molecule has 6 heteroatoms. The average Bonchev–Trinajstić information content (AvgIpc) is 2.91. The van der Waals surface area contributed by atoms with Crippen molar-refractivity contribution < 1.29 is 4.79 Å². The molecule has 5 nitrogen and oxygen atoms in total. The van der Waals surface area contributed by atoms with E-state index in [4.69, 9.17) is 12.2 Å². The van der Waals surface area contributed by atoms with Crippen LogP contribution in [0.3, 0.4) is 0 Å². The Morgan fingerprint density at radius 1 is 1.29 bits per heavy atom. The van der Waals surface area contributed by atoms with Crippen LogP contribution >= 0.6 is 12.2 Å². The fourth-order valence-electron chi connectivity index (χ4n) is 2.15. The van der Waals surface area contributed by atoms with E-state index in [0.717, 1.165) is 17.1 Å². The Labute approximate surface area is 127 Å². The molecule has 1 saturated heterocycles. The van der Waals surface area contributed by atoms with Crippen molar-refractivity contribution in [1.29, 1.82) is 0 Å². The predicted octanol–water partition coefficient (Wildman–Crippen LogP) is 1.99. The topological polar surface area (TPSA) is 50.2 Å². The van der Waals surface area contributed by atoms with Crippen LogP contribution in [-0.4, -0.2) is 20.8 Å². The monoisotopic (exact) mass is 298 g/mol. The van der Waals surface area contributed by atoms with E-state index >= 15 is 0 Å². The molecule has 0 radical (unpaired) electrons. The summed E-state index contributed by atoms with van der Waals surface area (Å²) in [6, 6.07) is 11.2. The molecule has 1 aliphatic heterocycles. The van der Waals surface area contributed by atoms with Crippen molar-refractivity contribution in [3.63, 3.8) is 0 Å². The van der Waals surface area contributed by atoms with Gasteiger partial charge in [-0.15, -0.1) is 0 Å². The summed E-state index contributed by atoms with van der Waals surface area (Å²) >= 11 is 5.25. The van der Waals surface area contributed by atoms with E-state index in [1.807, 2.05) is 50.4 Å². The highest BCUT2D eigenvalue weighted by molar-refractivity contribution is 7.80. The molecule has 1 aliphatic rings. The third-order valence-electron chi connectivity index (χ3n) is 3.32. The molecule has 21 heavy (non-hydrogen) atoms. The lowest BCUT2D eigenvalue weighted by molar-refractivity contribution is -0.113. The van der Waals surface area contributed by atoms with Crippen molar-refractivity contribution in [3.8, 4) is 0 Å². The van der Waals surface area contributed by atoms with E-state index in [1.54, 1.807) is 10.8 Å². The van der Waals surface area contributed by atoms with Crippen LogP contribution in [0.5, 0.6) is 0 Å². The lowest BCUT2D eigenvalue weighted by Gasteiger charge is -2.13. The second-order valence-electron chi connectivity index (χ2n) is 4.80. The molecule has 106 valence electrons. The normalized spacial score (nSPS) is 16.7. The Morgan fingerprint density at radius 2 is 2.00 bits per heavy atom. The van der Waals surface area contributed by atoms with Crippen LogP contribution < -0.4 is 10.2 Å². The first kappa shape index (κ1) is 13.5. The lowest BCUT2D eigenvalue weighted by atomic mass is 10.2. The fraction of sp³-hybridized carbons (Fsp3) is 0.133. The zero-order chi connectivity index (χ0) is 15.0. The number of hydrogen-bond donors (Lipinski definition) is 1. The molecule has 0 saturated carbocycles. The molecule has 1 fully saturated rings. The number of aryl methyl sites for hydroxylation is 2. The van der Waals surface area contributed by atoms with Gasteiger partial charge < -0.3 is 5.32 Å². The van der Waals surface area contributed by atoms with E-state index in [0.29, 0.717) is 10.8 Å². The Kier molecular flexibility index (Phi) is 3.31. The maximum Gasteiger partial charge on any atom is 0.281 e. The standard InChI is InChI=1S/C15H14N4OS/c1-10-8-11(17-18(10)2)9-13-14(20)19(15(21)16-13)12-6-4-3-5-7-12/h3-9H,1-2H3,(H,16,21). The molecule has 0 atom stereocenters. The molecule has 0 aliphatic carbocycles. The van der Waals surface area contributed by atoms with Crippen molar-refractivity contribution in [1.82, 2.24) is 15.1 Å². The molecule has 1 aromatic heterocycles. The number of carbonyl (C=O) groups excluding carboxylic acids is 1. The molecule has 1 aromatic carbocycles. The number of para-hydroxylation sites is 1. The van der Waals surface area contributed by atoms with Gasteiger partial charge in [-0.25, -0.2) is 0 Å². The van der Waals surface area contributed by atoms with Gasteiger partial charge in [-0.1, -0.05) is 18.2 Å². The number of aromatic nitrogens is 2. The number of carbonyl (C=O) groups is 1. The number of thiocarbonyl (C=S) groups is 1. The Hall–Kier alpha value is -2.47.